The molecule has 1 N–H and O–H groups in total. The third-order valence-electron chi connectivity index (χ3n) is 3.58. The van der Waals surface area contributed by atoms with Crippen molar-refractivity contribution in [3.63, 3.8) is 0 Å². The average molecular weight is 304 g/mol. The van der Waals surface area contributed by atoms with Gasteiger partial charge in [-0.25, -0.2) is 4.79 Å². The molecule has 118 valence electrons. The van der Waals surface area contributed by atoms with E-state index in [4.69, 9.17) is 9.47 Å². The fraction of sp³-hybridized carbons (Fsp3) is 0.500. The number of nitrogens with zero attached hydrogens (tertiary/aromatic N) is 1. The van der Waals surface area contributed by atoms with Gasteiger partial charge in [-0.05, 0) is 45.4 Å². The Morgan fingerprint density at radius 1 is 1.41 bits per heavy atom. The second kappa shape index (κ2) is 5.19. The van der Waals surface area contributed by atoms with Crippen LogP contribution >= 0.6 is 0 Å². The van der Waals surface area contributed by atoms with Crippen LogP contribution in [0.4, 0.5) is 10.5 Å². The molecular weight excluding hydrogens is 284 g/mol. The van der Waals surface area contributed by atoms with Crippen LogP contribution in [0.25, 0.3) is 0 Å². The van der Waals surface area contributed by atoms with Gasteiger partial charge in [0.1, 0.15) is 11.4 Å². The molecule has 0 saturated carbocycles. The molecule has 2 aliphatic rings. The molecule has 6 nitrogen and oxygen atoms in total. The standard InChI is InChI=1S/C16H20N2O4/c1-16(2,3)22-15(20)17-10-6-7-12-11(9-10)14(19)18-8-4-5-13(18)21-12/h6-7,9,13H,4-5,8H2,1-3H3,(H,17,20). The molecule has 1 aromatic rings. The molecule has 0 bridgehead atoms. The van der Waals surface area contributed by atoms with E-state index < -0.39 is 11.7 Å². The predicted molar refractivity (Wildman–Crippen MR) is 81.0 cm³/mol. The lowest BCUT2D eigenvalue weighted by molar-refractivity contribution is 0.0293. The lowest BCUT2D eigenvalue weighted by Crippen LogP contribution is -2.43. The van der Waals surface area contributed by atoms with Crippen LogP contribution in [-0.4, -0.2) is 35.3 Å². The van der Waals surface area contributed by atoms with Crippen molar-refractivity contribution in [2.75, 3.05) is 11.9 Å². The third-order valence-corrected chi connectivity index (χ3v) is 3.58. The highest BCUT2D eigenvalue weighted by Gasteiger charge is 2.37. The molecule has 1 atom stereocenters. The molecule has 0 spiro atoms. The number of nitrogens with one attached hydrogen (secondary N) is 1. The van der Waals surface area contributed by atoms with Gasteiger partial charge in [0.15, 0.2) is 6.23 Å². The average Bonchev–Trinajstić information content (AvgIpc) is 2.86. The van der Waals surface area contributed by atoms with Crippen LogP contribution < -0.4 is 10.1 Å². The predicted octanol–water partition coefficient (Wildman–Crippen LogP) is 2.99. The summed E-state index contributed by atoms with van der Waals surface area (Å²) >= 11 is 0. The van der Waals surface area contributed by atoms with E-state index in [1.165, 1.54) is 0 Å². The molecule has 0 aliphatic carbocycles. The van der Waals surface area contributed by atoms with Crippen LogP contribution in [0.15, 0.2) is 18.2 Å². The number of fused-ring (bicyclic) bond motifs is 2. The lowest BCUT2D eigenvalue weighted by Gasteiger charge is -2.31. The minimum Gasteiger partial charge on any atom is -0.470 e. The monoisotopic (exact) mass is 304 g/mol. The maximum absolute atomic E-state index is 12.5. The van der Waals surface area contributed by atoms with Crippen molar-refractivity contribution in [2.45, 2.75) is 45.4 Å². The minimum absolute atomic E-state index is 0.0448. The molecule has 2 aliphatic heterocycles. The van der Waals surface area contributed by atoms with Crippen molar-refractivity contribution < 1.29 is 19.1 Å². The van der Waals surface area contributed by atoms with Crippen LogP contribution in [-0.2, 0) is 4.74 Å². The van der Waals surface area contributed by atoms with E-state index in [0.717, 1.165) is 12.8 Å². The second-order valence-corrected chi connectivity index (χ2v) is 6.55. The number of rotatable bonds is 1. The van der Waals surface area contributed by atoms with Crippen molar-refractivity contribution in [1.82, 2.24) is 4.90 Å². The van der Waals surface area contributed by atoms with Crippen LogP contribution in [0.2, 0.25) is 0 Å². The molecule has 1 fully saturated rings. The van der Waals surface area contributed by atoms with Crippen molar-refractivity contribution in [1.29, 1.82) is 0 Å². The fourth-order valence-corrected chi connectivity index (χ4v) is 2.69. The molecule has 6 heteroatoms. The fourth-order valence-electron chi connectivity index (χ4n) is 2.69. The summed E-state index contributed by atoms with van der Waals surface area (Å²) in [4.78, 5) is 26.0. The Labute approximate surface area is 129 Å². The zero-order valence-electron chi connectivity index (χ0n) is 13.0. The zero-order chi connectivity index (χ0) is 15.9. The van der Waals surface area contributed by atoms with E-state index in [1.807, 2.05) is 0 Å². The van der Waals surface area contributed by atoms with E-state index in [0.29, 0.717) is 23.5 Å². The first kappa shape index (κ1) is 14.7. The molecule has 22 heavy (non-hydrogen) atoms. The number of ether oxygens (including phenoxy) is 2. The largest absolute Gasteiger partial charge is 0.470 e. The van der Waals surface area contributed by atoms with Gasteiger partial charge in [0.25, 0.3) is 5.91 Å². The van der Waals surface area contributed by atoms with Crippen molar-refractivity contribution in [3.05, 3.63) is 23.8 Å². The Morgan fingerprint density at radius 2 is 2.18 bits per heavy atom. The summed E-state index contributed by atoms with van der Waals surface area (Å²) in [5, 5.41) is 2.64. The molecule has 3 rings (SSSR count). The van der Waals surface area contributed by atoms with Gasteiger partial charge in [0.05, 0.1) is 5.56 Å². The Bertz CT molecular complexity index is 621. The molecule has 0 aromatic heterocycles. The highest BCUT2D eigenvalue weighted by atomic mass is 16.6. The number of hydrogen-bond acceptors (Lipinski definition) is 4. The maximum Gasteiger partial charge on any atom is 0.412 e. The smallest absolute Gasteiger partial charge is 0.412 e. The topological polar surface area (TPSA) is 67.9 Å². The SMILES string of the molecule is CC(C)(C)OC(=O)Nc1ccc2c(c1)C(=O)N1CCCC1O2. The Hall–Kier alpha value is -2.24. The summed E-state index contributed by atoms with van der Waals surface area (Å²) in [6.07, 6.45) is 1.12. The first-order valence-corrected chi connectivity index (χ1v) is 7.45. The molecule has 2 amide bonds. The molecule has 1 aromatic carbocycles. The van der Waals surface area contributed by atoms with Crippen molar-refractivity contribution >= 4 is 17.7 Å². The summed E-state index contributed by atoms with van der Waals surface area (Å²) in [6, 6.07) is 5.06. The first-order valence-electron chi connectivity index (χ1n) is 7.45. The van der Waals surface area contributed by atoms with E-state index in [9.17, 15) is 9.59 Å². The summed E-state index contributed by atoms with van der Waals surface area (Å²) in [5.41, 5.74) is 0.425. The van der Waals surface area contributed by atoms with Crippen LogP contribution in [0.5, 0.6) is 5.75 Å². The van der Waals surface area contributed by atoms with Gasteiger partial charge >= 0.3 is 6.09 Å². The van der Waals surface area contributed by atoms with Gasteiger partial charge in [0.2, 0.25) is 0 Å². The van der Waals surface area contributed by atoms with Gasteiger partial charge in [-0.1, -0.05) is 0 Å². The number of hydrogen-bond donors (Lipinski definition) is 1. The zero-order valence-corrected chi connectivity index (χ0v) is 13.0. The summed E-state index contributed by atoms with van der Waals surface area (Å²) in [6.45, 7) is 6.10. The van der Waals surface area contributed by atoms with Gasteiger partial charge in [-0.2, -0.15) is 0 Å². The highest BCUT2D eigenvalue weighted by molar-refractivity contribution is 6.00. The number of carbonyl (C=O) groups excluding carboxylic acids is 2. The van der Waals surface area contributed by atoms with E-state index in [2.05, 4.69) is 5.32 Å². The molecule has 0 radical (unpaired) electrons. The number of carbonyl (C=O) groups is 2. The molecule has 1 saturated heterocycles. The van der Waals surface area contributed by atoms with Crippen LogP contribution in [0, 0.1) is 0 Å². The van der Waals surface area contributed by atoms with Crippen molar-refractivity contribution in [2.24, 2.45) is 0 Å². The quantitative estimate of drug-likeness (QED) is 0.866. The molecular formula is C16H20N2O4. The van der Waals surface area contributed by atoms with E-state index in [-0.39, 0.29) is 12.1 Å². The Morgan fingerprint density at radius 3 is 2.91 bits per heavy atom. The molecule has 1 unspecified atom stereocenters. The van der Waals surface area contributed by atoms with E-state index in [1.54, 1.807) is 43.9 Å². The minimum atomic E-state index is -0.569. The van der Waals surface area contributed by atoms with E-state index >= 15 is 0 Å². The lowest BCUT2D eigenvalue weighted by atomic mass is 10.1. The summed E-state index contributed by atoms with van der Waals surface area (Å²) in [7, 11) is 0. The first-order chi connectivity index (χ1) is 10.3. The van der Waals surface area contributed by atoms with Gasteiger partial charge in [-0.3, -0.25) is 10.1 Å². The summed E-state index contributed by atoms with van der Waals surface area (Å²) < 4.78 is 11.0. The Balaban J connectivity index is 1.78. The van der Waals surface area contributed by atoms with Crippen LogP contribution in [0.3, 0.4) is 0 Å². The number of anilines is 1. The van der Waals surface area contributed by atoms with Crippen molar-refractivity contribution in [3.8, 4) is 5.75 Å². The van der Waals surface area contributed by atoms with Gasteiger partial charge in [-0.15, -0.1) is 0 Å². The third kappa shape index (κ3) is 2.86. The van der Waals surface area contributed by atoms with Crippen LogP contribution in [0.1, 0.15) is 44.0 Å². The number of amides is 2. The van der Waals surface area contributed by atoms with Gasteiger partial charge in [0, 0.05) is 18.7 Å². The maximum atomic E-state index is 12.5. The number of benzene rings is 1. The molecule has 2 heterocycles. The van der Waals surface area contributed by atoms with Gasteiger partial charge < -0.3 is 14.4 Å². The summed E-state index contributed by atoms with van der Waals surface area (Å²) in [5.74, 6) is 0.527. The normalized spacial score (nSPS) is 20.0. The second-order valence-electron chi connectivity index (χ2n) is 6.55. The Kier molecular flexibility index (Phi) is 3.47. The highest BCUT2D eigenvalue weighted by Crippen LogP contribution is 2.34.